The number of aromatic nitrogens is 1. The Morgan fingerprint density at radius 2 is 1.23 bits per heavy atom. The van der Waals surface area contributed by atoms with Crippen molar-refractivity contribution >= 4 is 22.5 Å². The molecule has 22 heavy (non-hydrogen) atoms. The molecule has 0 unspecified atom stereocenters. The second-order valence-corrected chi connectivity index (χ2v) is 5.38. The van der Waals surface area contributed by atoms with Crippen LogP contribution in [0.4, 0.5) is 0 Å². The zero-order chi connectivity index (χ0) is 15.2. The lowest BCUT2D eigenvalue weighted by molar-refractivity contribution is 1.48. The van der Waals surface area contributed by atoms with Crippen molar-refractivity contribution in [2.75, 3.05) is 0 Å². The van der Waals surface area contributed by atoms with E-state index in [1.165, 1.54) is 16.5 Å². The Morgan fingerprint density at radius 1 is 0.636 bits per heavy atom. The molecule has 0 fully saturated rings. The van der Waals surface area contributed by atoms with Gasteiger partial charge in [0.15, 0.2) is 0 Å². The quantitative estimate of drug-likeness (QED) is 0.432. The number of aromatic amines is 1. The predicted octanol–water partition coefficient (Wildman–Crippen LogP) is 6.17. The number of nitrogens with one attached hydrogen (secondary N) is 1. The van der Waals surface area contributed by atoms with E-state index in [9.17, 15) is 0 Å². The summed E-state index contributed by atoms with van der Waals surface area (Å²) < 4.78 is 0. The van der Waals surface area contributed by atoms with Crippen LogP contribution in [-0.4, -0.2) is 4.98 Å². The van der Waals surface area contributed by atoms with Gasteiger partial charge in [0.25, 0.3) is 0 Å². The maximum absolute atomic E-state index is 5.76. The minimum atomic E-state index is 0.773. The third-order valence-electron chi connectivity index (χ3n) is 3.40. The Hall–Kier alpha value is -2.51. The highest BCUT2D eigenvalue weighted by Crippen LogP contribution is 2.17. The molecule has 0 atom stereocenters. The number of hydrogen-bond acceptors (Lipinski definition) is 0. The van der Waals surface area contributed by atoms with Crippen LogP contribution in [0, 0.1) is 0 Å². The van der Waals surface area contributed by atoms with Crippen LogP contribution in [0.1, 0.15) is 0 Å². The highest BCUT2D eigenvalue weighted by molar-refractivity contribution is 6.31. The van der Waals surface area contributed by atoms with Crippen LogP contribution in [-0.2, 0) is 0 Å². The predicted molar refractivity (Wildman–Crippen MR) is 95.2 cm³/mol. The minimum Gasteiger partial charge on any atom is -0.361 e. The van der Waals surface area contributed by atoms with Crippen LogP contribution in [0.2, 0.25) is 5.02 Å². The van der Waals surface area contributed by atoms with Gasteiger partial charge in [-0.25, -0.2) is 0 Å². The summed E-state index contributed by atoms with van der Waals surface area (Å²) >= 11 is 5.76. The van der Waals surface area contributed by atoms with Gasteiger partial charge in [-0.15, -0.1) is 0 Å². The molecule has 0 aliphatic heterocycles. The maximum atomic E-state index is 5.76. The standard InChI is InChI=1S/C12H10.C8H6ClN/c1-3-7-11(8-4-1)12-9-5-2-6-10-12;9-7-2-1-6-3-4-10-8(6)5-7/h1-10H;1-5,10H. The first kappa shape index (κ1) is 14.4. The fourth-order valence-corrected chi connectivity index (χ4v) is 2.45. The van der Waals surface area contributed by atoms with E-state index in [0.717, 1.165) is 10.5 Å². The van der Waals surface area contributed by atoms with Crippen LogP contribution < -0.4 is 0 Å². The van der Waals surface area contributed by atoms with Gasteiger partial charge in [-0.2, -0.15) is 0 Å². The van der Waals surface area contributed by atoms with Crippen molar-refractivity contribution in [1.29, 1.82) is 0 Å². The van der Waals surface area contributed by atoms with E-state index in [4.69, 9.17) is 11.6 Å². The summed E-state index contributed by atoms with van der Waals surface area (Å²) in [6.45, 7) is 0. The zero-order valence-electron chi connectivity index (χ0n) is 12.0. The van der Waals surface area contributed by atoms with Gasteiger partial charge in [-0.3, -0.25) is 0 Å². The molecule has 4 rings (SSSR count). The van der Waals surface area contributed by atoms with Crippen molar-refractivity contribution in [3.05, 3.63) is 96.1 Å². The summed E-state index contributed by atoms with van der Waals surface area (Å²) in [4.78, 5) is 3.08. The molecule has 108 valence electrons. The number of halogens is 1. The van der Waals surface area contributed by atoms with Crippen LogP contribution >= 0.6 is 11.6 Å². The van der Waals surface area contributed by atoms with E-state index >= 15 is 0 Å². The molecule has 0 amide bonds. The molecule has 1 N–H and O–H groups in total. The number of hydrogen-bond donors (Lipinski definition) is 1. The molecular weight excluding hydrogens is 290 g/mol. The molecule has 0 radical (unpaired) electrons. The molecule has 0 aliphatic rings. The van der Waals surface area contributed by atoms with Crippen molar-refractivity contribution in [3.63, 3.8) is 0 Å². The lowest BCUT2D eigenvalue weighted by Crippen LogP contribution is -1.73. The van der Waals surface area contributed by atoms with E-state index in [-0.39, 0.29) is 0 Å². The number of benzene rings is 3. The molecule has 0 saturated heterocycles. The summed E-state index contributed by atoms with van der Waals surface area (Å²) in [5.74, 6) is 0. The molecule has 0 saturated carbocycles. The monoisotopic (exact) mass is 305 g/mol. The van der Waals surface area contributed by atoms with E-state index in [0.29, 0.717) is 0 Å². The average molecular weight is 306 g/mol. The van der Waals surface area contributed by atoms with Crippen molar-refractivity contribution in [2.45, 2.75) is 0 Å². The summed E-state index contributed by atoms with van der Waals surface area (Å²) in [5.41, 5.74) is 3.64. The zero-order valence-corrected chi connectivity index (χ0v) is 12.8. The lowest BCUT2D eigenvalue weighted by Gasteiger charge is -1.98. The van der Waals surface area contributed by atoms with Crippen molar-refractivity contribution < 1.29 is 0 Å². The molecular formula is C20H16ClN. The van der Waals surface area contributed by atoms with Gasteiger partial charge in [-0.1, -0.05) is 78.3 Å². The average Bonchev–Trinajstić information content (AvgIpc) is 3.05. The van der Waals surface area contributed by atoms with Gasteiger partial charge >= 0.3 is 0 Å². The molecule has 1 aromatic heterocycles. The fourth-order valence-electron chi connectivity index (χ4n) is 2.28. The maximum Gasteiger partial charge on any atom is 0.0468 e. The largest absolute Gasteiger partial charge is 0.361 e. The molecule has 0 bridgehead atoms. The first-order valence-electron chi connectivity index (χ1n) is 7.16. The van der Waals surface area contributed by atoms with Crippen molar-refractivity contribution in [2.24, 2.45) is 0 Å². The molecule has 3 aromatic carbocycles. The van der Waals surface area contributed by atoms with Crippen molar-refractivity contribution in [1.82, 2.24) is 4.98 Å². The second kappa shape index (κ2) is 6.97. The van der Waals surface area contributed by atoms with E-state index < -0.39 is 0 Å². The molecule has 1 nitrogen and oxygen atoms in total. The third kappa shape index (κ3) is 3.57. The molecule has 2 heteroatoms. The van der Waals surface area contributed by atoms with E-state index in [1.807, 2.05) is 42.6 Å². The fraction of sp³-hybridized carbons (Fsp3) is 0. The van der Waals surface area contributed by atoms with Gasteiger partial charge in [0.05, 0.1) is 0 Å². The summed E-state index contributed by atoms with van der Waals surface area (Å²) in [6.07, 6.45) is 1.90. The number of H-pyrrole nitrogens is 1. The van der Waals surface area contributed by atoms with Crippen LogP contribution in [0.15, 0.2) is 91.1 Å². The molecule has 1 heterocycles. The summed E-state index contributed by atoms with van der Waals surface area (Å²) in [7, 11) is 0. The Labute approximate surface area is 135 Å². The summed E-state index contributed by atoms with van der Waals surface area (Å²) in [5, 5.41) is 1.97. The van der Waals surface area contributed by atoms with Gasteiger partial charge in [-0.05, 0) is 34.7 Å². The Kier molecular flexibility index (Phi) is 4.57. The summed E-state index contributed by atoms with van der Waals surface area (Å²) in [6, 6.07) is 28.6. The number of fused-ring (bicyclic) bond motifs is 1. The Bertz CT molecular complexity index is 798. The van der Waals surface area contributed by atoms with Crippen LogP contribution in [0.3, 0.4) is 0 Å². The third-order valence-corrected chi connectivity index (χ3v) is 3.63. The topological polar surface area (TPSA) is 15.8 Å². The van der Waals surface area contributed by atoms with Crippen LogP contribution in [0.25, 0.3) is 22.0 Å². The molecule has 0 aliphatic carbocycles. The Morgan fingerprint density at radius 3 is 1.82 bits per heavy atom. The smallest absolute Gasteiger partial charge is 0.0468 e. The first-order chi connectivity index (χ1) is 10.8. The van der Waals surface area contributed by atoms with Gasteiger partial charge < -0.3 is 4.98 Å². The highest BCUT2D eigenvalue weighted by atomic mass is 35.5. The van der Waals surface area contributed by atoms with Gasteiger partial charge in [0.1, 0.15) is 0 Å². The first-order valence-corrected chi connectivity index (χ1v) is 7.54. The van der Waals surface area contributed by atoms with Crippen molar-refractivity contribution in [3.8, 4) is 11.1 Å². The minimum absolute atomic E-state index is 0.773. The number of rotatable bonds is 1. The molecule has 4 aromatic rings. The van der Waals surface area contributed by atoms with E-state index in [1.54, 1.807) is 0 Å². The highest BCUT2D eigenvalue weighted by Gasteiger charge is 1.93. The normalized spacial score (nSPS) is 10.0. The van der Waals surface area contributed by atoms with Gasteiger partial charge in [0.2, 0.25) is 0 Å². The van der Waals surface area contributed by atoms with Crippen LogP contribution in [0.5, 0.6) is 0 Å². The Balaban J connectivity index is 0.000000133. The van der Waals surface area contributed by atoms with Gasteiger partial charge in [0, 0.05) is 16.7 Å². The molecule has 0 spiro atoms. The second-order valence-electron chi connectivity index (χ2n) is 4.94. The SMILES string of the molecule is Clc1ccc2cc[nH]c2c1.c1ccc(-c2ccccc2)cc1. The van der Waals surface area contributed by atoms with E-state index in [2.05, 4.69) is 53.5 Å². The lowest BCUT2D eigenvalue weighted by atomic mass is 10.1.